The number of halogens is 1. The standard InChI is InChI=1S/C19H14ClNO6/c1-25-16-10-18(26-2)15(21(23)24)8-12(16)7-13-9-17(27-19(13)22)11-3-5-14(20)6-4-11/h3-10H,1-2H3. The number of carbonyl (C=O) groups excluding carboxylic acids is 1. The van der Waals surface area contributed by atoms with Gasteiger partial charge in [-0.05, 0) is 36.4 Å². The zero-order valence-corrected chi connectivity index (χ0v) is 15.1. The van der Waals surface area contributed by atoms with Crippen LogP contribution in [0.1, 0.15) is 11.1 Å². The Kier molecular flexibility index (Phi) is 5.14. The summed E-state index contributed by atoms with van der Waals surface area (Å²) in [5.74, 6) is 0.182. The molecule has 0 aliphatic carbocycles. The molecule has 0 N–H and O–H groups in total. The van der Waals surface area contributed by atoms with Gasteiger partial charge in [-0.25, -0.2) is 4.79 Å². The van der Waals surface area contributed by atoms with E-state index in [1.807, 2.05) is 0 Å². The van der Waals surface area contributed by atoms with Gasteiger partial charge in [0.2, 0.25) is 5.75 Å². The van der Waals surface area contributed by atoms with Gasteiger partial charge >= 0.3 is 11.7 Å². The molecule has 2 aromatic carbocycles. The summed E-state index contributed by atoms with van der Waals surface area (Å²) < 4.78 is 15.6. The largest absolute Gasteiger partial charge is 0.496 e. The van der Waals surface area contributed by atoms with Crippen LogP contribution in [0.25, 0.3) is 11.8 Å². The highest BCUT2D eigenvalue weighted by Crippen LogP contribution is 2.37. The van der Waals surface area contributed by atoms with Gasteiger partial charge in [-0.2, -0.15) is 0 Å². The minimum atomic E-state index is -0.569. The quantitative estimate of drug-likeness (QED) is 0.330. The van der Waals surface area contributed by atoms with Gasteiger partial charge in [0, 0.05) is 28.3 Å². The zero-order valence-electron chi connectivity index (χ0n) is 14.4. The van der Waals surface area contributed by atoms with Crippen LogP contribution in [0.15, 0.2) is 48.0 Å². The number of carbonyl (C=O) groups is 1. The Morgan fingerprint density at radius 2 is 1.78 bits per heavy atom. The smallest absolute Gasteiger partial charge is 0.343 e. The normalized spacial score (nSPS) is 14.7. The van der Waals surface area contributed by atoms with Gasteiger partial charge in [0.25, 0.3) is 0 Å². The molecule has 7 nitrogen and oxygen atoms in total. The molecule has 0 saturated heterocycles. The van der Waals surface area contributed by atoms with E-state index in [9.17, 15) is 14.9 Å². The number of esters is 1. The van der Waals surface area contributed by atoms with Gasteiger partial charge in [-0.15, -0.1) is 0 Å². The molecule has 3 rings (SSSR count). The molecule has 27 heavy (non-hydrogen) atoms. The van der Waals surface area contributed by atoms with Crippen molar-refractivity contribution in [1.82, 2.24) is 0 Å². The third kappa shape index (κ3) is 3.78. The third-order valence-corrected chi connectivity index (χ3v) is 4.14. The van der Waals surface area contributed by atoms with Crippen molar-refractivity contribution < 1.29 is 23.9 Å². The number of nitro groups is 1. The summed E-state index contributed by atoms with van der Waals surface area (Å²) in [5, 5.41) is 11.8. The number of nitro benzene ring substituents is 1. The number of methoxy groups -OCH3 is 2. The number of hydrogen-bond donors (Lipinski definition) is 0. The second kappa shape index (κ2) is 7.51. The van der Waals surface area contributed by atoms with Gasteiger partial charge in [0.05, 0.1) is 24.7 Å². The van der Waals surface area contributed by atoms with Crippen LogP contribution in [0.5, 0.6) is 11.5 Å². The maximum absolute atomic E-state index is 12.2. The molecule has 0 bridgehead atoms. The lowest BCUT2D eigenvalue weighted by Gasteiger charge is -2.08. The average molecular weight is 388 g/mol. The van der Waals surface area contributed by atoms with Gasteiger partial charge < -0.3 is 14.2 Å². The number of benzene rings is 2. The second-order valence-electron chi connectivity index (χ2n) is 5.53. The Morgan fingerprint density at radius 1 is 1.11 bits per heavy atom. The van der Waals surface area contributed by atoms with Crippen molar-refractivity contribution >= 4 is 35.1 Å². The Hall–Kier alpha value is -3.32. The summed E-state index contributed by atoms with van der Waals surface area (Å²) in [6, 6.07) is 9.50. The fourth-order valence-corrected chi connectivity index (χ4v) is 2.70. The maximum atomic E-state index is 12.2. The van der Waals surface area contributed by atoms with Crippen molar-refractivity contribution in [3.63, 3.8) is 0 Å². The first-order valence-electron chi connectivity index (χ1n) is 7.75. The van der Waals surface area contributed by atoms with E-state index in [0.29, 0.717) is 27.7 Å². The Labute approximate surface area is 159 Å². The molecular formula is C19H14ClNO6. The van der Waals surface area contributed by atoms with E-state index in [2.05, 4.69) is 0 Å². The number of cyclic esters (lactones) is 1. The highest BCUT2D eigenvalue weighted by Gasteiger charge is 2.24. The highest BCUT2D eigenvalue weighted by molar-refractivity contribution is 6.30. The number of nitrogens with zero attached hydrogens (tertiary/aromatic N) is 1. The molecule has 1 aliphatic heterocycles. The molecular weight excluding hydrogens is 374 g/mol. The van der Waals surface area contributed by atoms with Crippen LogP contribution in [-0.4, -0.2) is 25.1 Å². The van der Waals surface area contributed by atoms with Crippen LogP contribution in [-0.2, 0) is 9.53 Å². The summed E-state index contributed by atoms with van der Waals surface area (Å²) in [5.41, 5.74) is 1.03. The lowest BCUT2D eigenvalue weighted by atomic mass is 10.1. The van der Waals surface area contributed by atoms with Gasteiger partial charge in [0.1, 0.15) is 11.5 Å². The van der Waals surface area contributed by atoms with E-state index >= 15 is 0 Å². The van der Waals surface area contributed by atoms with E-state index in [1.165, 1.54) is 32.4 Å². The molecule has 8 heteroatoms. The SMILES string of the molecule is COc1cc(OC)c([N+](=O)[O-])cc1C=C1C=C(c2ccc(Cl)cc2)OC1=O. The minimum absolute atomic E-state index is 0.0605. The van der Waals surface area contributed by atoms with Crippen molar-refractivity contribution in [3.8, 4) is 11.5 Å². The van der Waals surface area contributed by atoms with Crippen LogP contribution < -0.4 is 9.47 Å². The number of hydrogen-bond acceptors (Lipinski definition) is 6. The first kappa shape index (κ1) is 18.5. The Morgan fingerprint density at radius 3 is 2.37 bits per heavy atom. The van der Waals surface area contributed by atoms with Crippen LogP contribution in [0.3, 0.4) is 0 Å². The van der Waals surface area contributed by atoms with Gasteiger partial charge in [0.15, 0.2) is 0 Å². The highest BCUT2D eigenvalue weighted by atomic mass is 35.5. The minimum Gasteiger partial charge on any atom is -0.496 e. The lowest BCUT2D eigenvalue weighted by Crippen LogP contribution is -1.99. The molecule has 1 heterocycles. The van der Waals surface area contributed by atoms with E-state index in [-0.39, 0.29) is 17.0 Å². The number of ether oxygens (including phenoxy) is 3. The maximum Gasteiger partial charge on any atom is 0.343 e. The first-order chi connectivity index (χ1) is 12.9. The molecule has 0 atom stereocenters. The number of rotatable bonds is 5. The van der Waals surface area contributed by atoms with E-state index in [4.69, 9.17) is 25.8 Å². The molecule has 138 valence electrons. The van der Waals surface area contributed by atoms with Crippen molar-refractivity contribution in [2.75, 3.05) is 14.2 Å². The molecule has 0 unspecified atom stereocenters. The van der Waals surface area contributed by atoms with Crippen LogP contribution in [0.2, 0.25) is 5.02 Å². The molecule has 1 aliphatic rings. The van der Waals surface area contributed by atoms with Crippen molar-refractivity contribution in [2.45, 2.75) is 0 Å². The average Bonchev–Trinajstić information content (AvgIpc) is 3.02. The molecule has 0 radical (unpaired) electrons. The molecule has 0 amide bonds. The molecule has 2 aromatic rings. The Balaban J connectivity index is 2.05. The van der Waals surface area contributed by atoms with Crippen molar-refractivity contribution in [1.29, 1.82) is 0 Å². The summed E-state index contributed by atoms with van der Waals surface area (Å²) in [6.07, 6.45) is 3.03. The van der Waals surface area contributed by atoms with E-state index in [0.717, 1.165) is 0 Å². The fourth-order valence-electron chi connectivity index (χ4n) is 2.57. The van der Waals surface area contributed by atoms with Crippen LogP contribution in [0.4, 0.5) is 5.69 Å². The van der Waals surface area contributed by atoms with Gasteiger partial charge in [-0.3, -0.25) is 10.1 Å². The second-order valence-corrected chi connectivity index (χ2v) is 5.96. The van der Waals surface area contributed by atoms with E-state index < -0.39 is 10.9 Å². The zero-order chi connectivity index (χ0) is 19.6. The topological polar surface area (TPSA) is 87.9 Å². The summed E-state index contributed by atoms with van der Waals surface area (Å²) in [4.78, 5) is 22.9. The predicted molar refractivity (Wildman–Crippen MR) is 99.7 cm³/mol. The van der Waals surface area contributed by atoms with Gasteiger partial charge in [-0.1, -0.05) is 11.6 Å². The van der Waals surface area contributed by atoms with Crippen molar-refractivity contribution in [3.05, 3.63) is 74.3 Å². The lowest BCUT2D eigenvalue weighted by molar-refractivity contribution is -0.385. The molecule has 0 saturated carbocycles. The first-order valence-corrected chi connectivity index (χ1v) is 8.12. The van der Waals surface area contributed by atoms with Crippen LogP contribution >= 0.6 is 11.6 Å². The fraction of sp³-hybridized carbons (Fsp3) is 0.105. The summed E-state index contributed by atoms with van der Waals surface area (Å²) in [7, 11) is 2.75. The molecule has 0 aromatic heterocycles. The van der Waals surface area contributed by atoms with Crippen molar-refractivity contribution in [2.24, 2.45) is 0 Å². The third-order valence-electron chi connectivity index (χ3n) is 3.89. The van der Waals surface area contributed by atoms with E-state index in [1.54, 1.807) is 30.3 Å². The predicted octanol–water partition coefficient (Wildman–Crippen LogP) is 4.25. The molecule has 0 spiro atoms. The summed E-state index contributed by atoms with van der Waals surface area (Å²) >= 11 is 5.86. The summed E-state index contributed by atoms with van der Waals surface area (Å²) in [6.45, 7) is 0. The monoisotopic (exact) mass is 387 g/mol. The molecule has 0 fully saturated rings. The Bertz CT molecular complexity index is 978. The van der Waals surface area contributed by atoms with Crippen LogP contribution in [0, 0.1) is 10.1 Å².